The summed E-state index contributed by atoms with van der Waals surface area (Å²) in [5.41, 5.74) is 7.04. The van der Waals surface area contributed by atoms with Crippen LogP contribution in [-0.4, -0.2) is 60.0 Å². The summed E-state index contributed by atoms with van der Waals surface area (Å²) in [7, 11) is 1.99. The fourth-order valence-corrected chi connectivity index (χ4v) is 5.16. The molecular weight excluding hydrogens is 411 g/mol. The number of allylic oxidation sites excluding steroid dienone is 2. The van der Waals surface area contributed by atoms with Crippen LogP contribution in [-0.2, 0) is 4.79 Å². The number of nitrogens with one attached hydrogen (secondary N) is 2. The Morgan fingerprint density at radius 2 is 2.25 bits per heavy atom. The molecule has 0 saturated carbocycles. The molecule has 32 heavy (non-hydrogen) atoms. The molecule has 1 aromatic heterocycles. The van der Waals surface area contributed by atoms with E-state index in [0.717, 1.165) is 30.8 Å². The summed E-state index contributed by atoms with van der Waals surface area (Å²) in [4.78, 5) is 33.0. The van der Waals surface area contributed by atoms with Crippen molar-refractivity contribution in [1.29, 1.82) is 0 Å². The maximum absolute atomic E-state index is 14.5. The monoisotopic (exact) mass is 442 g/mol. The number of primary amides is 1. The van der Waals surface area contributed by atoms with Crippen LogP contribution in [0, 0.1) is 5.92 Å². The second-order valence-electron chi connectivity index (χ2n) is 8.93. The number of nitrogens with two attached hydrogens (primary N) is 1. The average molecular weight is 443 g/mol. The van der Waals surface area contributed by atoms with Crippen LogP contribution in [0.4, 0.5) is 10.1 Å². The number of hydrogen-bond acceptors (Lipinski definition) is 6. The number of piperidine rings is 1. The van der Waals surface area contributed by atoms with Crippen LogP contribution in [0.15, 0.2) is 41.6 Å². The number of amides is 2. The predicted molar refractivity (Wildman–Crippen MR) is 120 cm³/mol. The van der Waals surface area contributed by atoms with Gasteiger partial charge in [-0.3, -0.25) is 14.5 Å². The van der Waals surface area contributed by atoms with Gasteiger partial charge >= 0.3 is 0 Å². The zero-order valence-electron chi connectivity index (χ0n) is 18.8. The van der Waals surface area contributed by atoms with Gasteiger partial charge in [-0.2, -0.15) is 0 Å². The number of carbonyl (C=O) groups excluding carboxylic acids is 2. The molecule has 4 rings (SSSR count). The van der Waals surface area contributed by atoms with Gasteiger partial charge in [-0.25, -0.2) is 9.37 Å². The number of carbonyl (C=O) groups is 2. The first-order valence-corrected chi connectivity index (χ1v) is 11.1. The SMILES string of the molecule is CCNC1=C2NC(=O)C(C)(N3CCC[C@@H](N(C)c4ccc(C(N)=O)nc4)C3)C2CC(F)=C1. The zero-order chi connectivity index (χ0) is 23.0. The van der Waals surface area contributed by atoms with Crippen molar-refractivity contribution in [3.63, 3.8) is 0 Å². The number of nitrogens with zero attached hydrogens (tertiary/aromatic N) is 3. The third kappa shape index (κ3) is 3.74. The molecule has 0 radical (unpaired) electrons. The molecule has 2 aliphatic heterocycles. The Bertz CT molecular complexity index is 975. The standard InChI is InChI=1S/C23H31FN6O2/c1-4-26-19-11-14(24)10-17-20(19)28-22(32)23(17,2)30-9-5-6-16(13-30)29(3)15-7-8-18(21(25)31)27-12-15/h7-8,11-12,16-17,26H,4-6,9-10,13H2,1-3H3,(H2,25,31)(H,28,32)/t16-,17?,23?/m1/s1. The molecule has 2 fully saturated rings. The van der Waals surface area contributed by atoms with E-state index < -0.39 is 11.4 Å². The summed E-state index contributed by atoms with van der Waals surface area (Å²) in [5, 5.41) is 6.24. The van der Waals surface area contributed by atoms with Crippen LogP contribution >= 0.6 is 0 Å². The van der Waals surface area contributed by atoms with Crippen molar-refractivity contribution in [2.45, 2.75) is 44.7 Å². The first-order chi connectivity index (χ1) is 15.3. The molecule has 0 aromatic carbocycles. The number of likely N-dealkylation sites (tertiary alicyclic amines) is 1. The molecule has 3 atom stereocenters. The lowest BCUT2D eigenvalue weighted by Crippen LogP contribution is -2.61. The molecule has 3 aliphatic rings. The number of hydrogen-bond donors (Lipinski definition) is 3. The van der Waals surface area contributed by atoms with E-state index in [-0.39, 0.29) is 35.8 Å². The van der Waals surface area contributed by atoms with Crippen LogP contribution in [0.25, 0.3) is 0 Å². The van der Waals surface area contributed by atoms with Gasteiger partial charge in [-0.1, -0.05) is 0 Å². The molecule has 172 valence electrons. The highest BCUT2D eigenvalue weighted by Crippen LogP contribution is 2.44. The summed E-state index contributed by atoms with van der Waals surface area (Å²) in [6, 6.07) is 3.61. The second kappa shape index (κ2) is 8.54. The molecule has 1 aliphatic carbocycles. The van der Waals surface area contributed by atoms with Gasteiger partial charge in [0.2, 0.25) is 5.91 Å². The molecule has 2 saturated heterocycles. The molecule has 8 nitrogen and oxygen atoms in total. The van der Waals surface area contributed by atoms with Crippen molar-refractivity contribution in [2.75, 3.05) is 31.6 Å². The van der Waals surface area contributed by atoms with Gasteiger partial charge in [-0.05, 0) is 51.4 Å². The van der Waals surface area contributed by atoms with Crippen LogP contribution < -0.4 is 21.3 Å². The third-order valence-corrected chi connectivity index (χ3v) is 7.10. The zero-order valence-corrected chi connectivity index (χ0v) is 18.8. The van der Waals surface area contributed by atoms with E-state index in [9.17, 15) is 14.0 Å². The van der Waals surface area contributed by atoms with Crippen molar-refractivity contribution in [3.05, 3.63) is 47.3 Å². The quantitative estimate of drug-likeness (QED) is 0.619. The maximum atomic E-state index is 14.5. The maximum Gasteiger partial charge on any atom is 0.267 e. The lowest BCUT2D eigenvalue weighted by molar-refractivity contribution is -0.131. The fourth-order valence-electron chi connectivity index (χ4n) is 5.16. The first kappa shape index (κ1) is 22.3. The number of rotatable bonds is 6. The van der Waals surface area contributed by atoms with Gasteiger partial charge < -0.3 is 21.3 Å². The number of pyridine rings is 1. The van der Waals surface area contributed by atoms with Gasteiger partial charge in [0.25, 0.3) is 5.91 Å². The lowest BCUT2D eigenvalue weighted by Gasteiger charge is -2.47. The minimum absolute atomic E-state index is 0.0771. The summed E-state index contributed by atoms with van der Waals surface area (Å²) in [6.07, 6.45) is 5.25. The fraction of sp³-hybridized carbons (Fsp3) is 0.522. The minimum Gasteiger partial charge on any atom is -0.384 e. The topological polar surface area (TPSA) is 104 Å². The Hall–Kier alpha value is -2.94. The normalized spacial score (nSPS) is 28.1. The van der Waals surface area contributed by atoms with Crippen LogP contribution in [0.5, 0.6) is 0 Å². The molecule has 2 amide bonds. The van der Waals surface area contributed by atoms with Crippen LogP contribution in [0.3, 0.4) is 0 Å². The number of halogens is 1. The number of likely N-dealkylation sites (N-methyl/N-ethyl adjacent to an activating group) is 2. The van der Waals surface area contributed by atoms with E-state index >= 15 is 0 Å². The summed E-state index contributed by atoms with van der Waals surface area (Å²) >= 11 is 0. The minimum atomic E-state index is -0.824. The molecular formula is C23H31FN6O2. The molecule has 2 unspecified atom stereocenters. The van der Waals surface area contributed by atoms with Crippen molar-refractivity contribution in [2.24, 2.45) is 11.7 Å². The molecule has 0 bridgehead atoms. The van der Waals surface area contributed by atoms with E-state index in [2.05, 4.69) is 25.4 Å². The Labute approximate surface area is 187 Å². The van der Waals surface area contributed by atoms with Crippen molar-refractivity contribution in [1.82, 2.24) is 20.5 Å². The molecule has 3 heterocycles. The molecule has 1 aromatic rings. The van der Waals surface area contributed by atoms with Crippen molar-refractivity contribution < 1.29 is 14.0 Å². The Balaban J connectivity index is 1.56. The van der Waals surface area contributed by atoms with Gasteiger partial charge in [0.15, 0.2) is 0 Å². The van der Waals surface area contributed by atoms with Crippen LogP contribution in [0.1, 0.15) is 43.6 Å². The summed E-state index contributed by atoms with van der Waals surface area (Å²) < 4.78 is 14.5. The largest absolute Gasteiger partial charge is 0.384 e. The highest BCUT2D eigenvalue weighted by Gasteiger charge is 2.55. The number of anilines is 1. The van der Waals surface area contributed by atoms with Gasteiger partial charge in [0, 0.05) is 44.2 Å². The van der Waals surface area contributed by atoms with Crippen LogP contribution in [0.2, 0.25) is 0 Å². The van der Waals surface area contributed by atoms with Gasteiger partial charge in [-0.15, -0.1) is 0 Å². The predicted octanol–water partition coefficient (Wildman–Crippen LogP) is 1.66. The highest BCUT2D eigenvalue weighted by molar-refractivity contribution is 5.92. The summed E-state index contributed by atoms with van der Waals surface area (Å²) in [6.45, 7) is 5.99. The van der Waals surface area contributed by atoms with E-state index in [1.807, 2.05) is 27.0 Å². The molecule has 4 N–H and O–H groups in total. The smallest absolute Gasteiger partial charge is 0.267 e. The van der Waals surface area contributed by atoms with Gasteiger partial charge in [0.1, 0.15) is 17.1 Å². The molecule has 9 heteroatoms. The van der Waals surface area contributed by atoms with Crippen molar-refractivity contribution in [3.8, 4) is 0 Å². The Kier molecular flexibility index (Phi) is 5.94. The number of fused-ring (bicyclic) bond motifs is 1. The van der Waals surface area contributed by atoms with Crippen molar-refractivity contribution >= 4 is 17.5 Å². The molecule has 0 spiro atoms. The Morgan fingerprint density at radius 3 is 2.91 bits per heavy atom. The summed E-state index contributed by atoms with van der Waals surface area (Å²) in [5.74, 6) is -1.09. The highest BCUT2D eigenvalue weighted by atomic mass is 19.1. The third-order valence-electron chi connectivity index (χ3n) is 7.10. The first-order valence-electron chi connectivity index (χ1n) is 11.1. The van der Waals surface area contributed by atoms with Gasteiger partial charge in [0.05, 0.1) is 17.6 Å². The van der Waals surface area contributed by atoms with E-state index in [4.69, 9.17) is 5.73 Å². The van der Waals surface area contributed by atoms with E-state index in [0.29, 0.717) is 18.8 Å². The average Bonchev–Trinajstić information content (AvgIpc) is 3.05. The number of aromatic nitrogens is 1. The van der Waals surface area contributed by atoms with E-state index in [1.165, 1.54) is 6.08 Å². The second-order valence-corrected chi connectivity index (χ2v) is 8.93. The van der Waals surface area contributed by atoms with E-state index in [1.54, 1.807) is 12.3 Å². The lowest BCUT2D eigenvalue weighted by atomic mass is 9.78. The Morgan fingerprint density at radius 1 is 1.47 bits per heavy atom.